The molecule has 0 unspecified atom stereocenters. The van der Waals surface area contributed by atoms with Gasteiger partial charge >= 0.3 is 5.97 Å². The maximum absolute atomic E-state index is 10.9. The standard InChI is InChI=1S/C17H13NO2/c1-12(19)20-18-17-15(13-8-4-2-5-9-13)16(17)14-10-6-3-7-11-14/h2-11H,1H3. The molecule has 0 aliphatic rings. The molecule has 20 heavy (non-hydrogen) atoms. The van der Waals surface area contributed by atoms with Gasteiger partial charge in [-0.05, 0) is 11.1 Å². The van der Waals surface area contributed by atoms with Gasteiger partial charge in [0.05, 0.1) is 0 Å². The first-order valence-electron chi connectivity index (χ1n) is 6.39. The van der Waals surface area contributed by atoms with Crippen LogP contribution in [0.15, 0.2) is 65.8 Å². The molecule has 0 aromatic heterocycles. The largest absolute Gasteiger partial charge is 0.332 e. The van der Waals surface area contributed by atoms with Gasteiger partial charge in [0.25, 0.3) is 0 Å². The van der Waals surface area contributed by atoms with Gasteiger partial charge in [0.2, 0.25) is 0 Å². The highest BCUT2D eigenvalue weighted by atomic mass is 16.7. The zero-order chi connectivity index (χ0) is 13.9. The van der Waals surface area contributed by atoms with E-state index >= 15 is 0 Å². The molecule has 3 rings (SSSR count). The Hall–Kier alpha value is -2.68. The van der Waals surface area contributed by atoms with Crippen LogP contribution in [0.1, 0.15) is 6.92 Å². The summed E-state index contributed by atoms with van der Waals surface area (Å²) in [5.41, 5.74) is 4.24. The van der Waals surface area contributed by atoms with Crippen molar-refractivity contribution in [3.05, 3.63) is 66.0 Å². The molecule has 0 spiro atoms. The van der Waals surface area contributed by atoms with E-state index in [4.69, 9.17) is 4.84 Å². The molecule has 0 saturated heterocycles. The smallest absolute Gasteiger partial charge is 0.318 e. The van der Waals surface area contributed by atoms with Crippen molar-refractivity contribution in [2.45, 2.75) is 6.92 Å². The third kappa shape index (κ3) is 2.38. The lowest BCUT2D eigenvalue weighted by Crippen LogP contribution is -1.95. The number of carbonyl (C=O) groups excluding carboxylic acids is 1. The first-order chi connectivity index (χ1) is 9.77. The van der Waals surface area contributed by atoms with E-state index < -0.39 is 5.97 Å². The third-order valence-electron chi connectivity index (χ3n) is 3.05. The first-order valence-corrected chi connectivity index (χ1v) is 6.39. The molecule has 0 saturated carbocycles. The average molecular weight is 263 g/mol. The quantitative estimate of drug-likeness (QED) is 0.537. The Bertz CT molecular complexity index is 696. The zero-order valence-corrected chi connectivity index (χ0v) is 11.0. The number of benzene rings is 2. The highest BCUT2D eigenvalue weighted by Gasteiger charge is 2.23. The van der Waals surface area contributed by atoms with Crippen LogP contribution in [0.25, 0.3) is 22.3 Å². The molecular weight excluding hydrogens is 250 g/mol. The van der Waals surface area contributed by atoms with Crippen molar-refractivity contribution in [3.8, 4) is 22.3 Å². The van der Waals surface area contributed by atoms with E-state index in [-0.39, 0.29) is 0 Å². The summed E-state index contributed by atoms with van der Waals surface area (Å²) in [6, 6.07) is 19.9. The molecule has 3 aromatic carbocycles. The van der Waals surface area contributed by atoms with Crippen molar-refractivity contribution in [1.82, 2.24) is 0 Å². The number of hydrogen-bond donors (Lipinski definition) is 0. The van der Waals surface area contributed by atoms with Crippen molar-refractivity contribution < 1.29 is 9.63 Å². The molecule has 0 N–H and O–H groups in total. The van der Waals surface area contributed by atoms with Gasteiger partial charge < -0.3 is 4.84 Å². The lowest BCUT2D eigenvalue weighted by molar-refractivity contribution is -0.141. The van der Waals surface area contributed by atoms with Crippen molar-refractivity contribution in [1.29, 1.82) is 0 Å². The summed E-state index contributed by atoms with van der Waals surface area (Å²) in [7, 11) is 0. The van der Waals surface area contributed by atoms with E-state index in [0.29, 0.717) is 0 Å². The number of nitrogens with zero attached hydrogens (tertiary/aromatic N) is 1. The van der Waals surface area contributed by atoms with Crippen LogP contribution in [0.3, 0.4) is 0 Å². The Morgan fingerprint density at radius 1 is 0.850 bits per heavy atom. The molecule has 3 heteroatoms. The summed E-state index contributed by atoms with van der Waals surface area (Å²) < 4.78 is 0. The van der Waals surface area contributed by atoms with Gasteiger partial charge in [-0.1, -0.05) is 65.8 Å². The predicted octanol–water partition coefficient (Wildman–Crippen LogP) is 3.28. The van der Waals surface area contributed by atoms with E-state index in [1.165, 1.54) is 6.92 Å². The van der Waals surface area contributed by atoms with E-state index in [1.807, 2.05) is 60.7 Å². The summed E-state index contributed by atoms with van der Waals surface area (Å²) in [6.45, 7) is 1.34. The first kappa shape index (κ1) is 12.4. The van der Waals surface area contributed by atoms with Crippen LogP contribution in [-0.4, -0.2) is 5.97 Å². The maximum atomic E-state index is 10.9. The Labute approximate surface area is 116 Å². The fraction of sp³-hybridized carbons (Fsp3) is 0.0588. The number of rotatable bonds is 3. The highest BCUT2D eigenvalue weighted by molar-refractivity contribution is 5.93. The molecule has 0 heterocycles. The van der Waals surface area contributed by atoms with E-state index in [0.717, 1.165) is 27.6 Å². The Kier molecular flexibility index (Phi) is 3.17. The van der Waals surface area contributed by atoms with Gasteiger partial charge in [-0.15, -0.1) is 0 Å². The van der Waals surface area contributed by atoms with Crippen molar-refractivity contribution >= 4 is 5.97 Å². The molecule has 0 aliphatic carbocycles. The van der Waals surface area contributed by atoms with Crippen LogP contribution in [0.2, 0.25) is 0 Å². The van der Waals surface area contributed by atoms with Gasteiger partial charge in [0.15, 0.2) is 0 Å². The van der Waals surface area contributed by atoms with Crippen molar-refractivity contribution in [3.63, 3.8) is 0 Å². The molecule has 0 radical (unpaired) electrons. The Morgan fingerprint density at radius 3 is 1.70 bits per heavy atom. The second kappa shape index (κ2) is 5.13. The SMILES string of the molecule is CC(=O)ON=c1c(-c2ccccc2)c1-c1ccccc1. The molecule has 0 fully saturated rings. The highest BCUT2D eigenvalue weighted by Crippen LogP contribution is 2.34. The van der Waals surface area contributed by atoms with E-state index in [1.54, 1.807) is 0 Å². The molecule has 0 bridgehead atoms. The van der Waals surface area contributed by atoms with Crippen LogP contribution in [0.4, 0.5) is 0 Å². The normalized spacial score (nSPS) is 10.4. The fourth-order valence-electron chi connectivity index (χ4n) is 2.15. The minimum Gasteiger partial charge on any atom is -0.318 e. The number of hydrogen-bond acceptors (Lipinski definition) is 3. The molecule has 0 atom stereocenters. The van der Waals surface area contributed by atoms with Gasteiger partial charge in [0, 0.05) is 18.1 Å². The summed E-state index contributed by atoms with van der Waals surface area (Å²) >= 11 is 0. The lowest BCUT2D eigenvalue weighted by Gasteiger charge is -1.93. The average Bonchev–Trinajstić information content (AvgIpc) is 3.21. The second-order valence-corrected chi connectivity index (χ2v) is 4.50. The predicted molar refractivity (Wildman–Crippen MR) is 77.0 cm³/mol. The van der Waals surface area contributed by atoms with Crippen LogP contribution >= 0.6 is 0 Å². The van der Waals surface area contributed by atoms with Crippen LogP contribution < -0.4 is 5.36 Å². The monoisotopic (exact) mass is 263 g/mol. The minimum atomic E-state index is -0.413. The summed E-state index contributed by atoms with van der Waals surface area (Å²) in [5, 5.41) is 4.69. The lowest BCUT2D eigenvalue weighted by atomic mass is 10.1. The van der Waals surface area contributed by atoms with Crippen LogP contribution in [0, 0.1) is 0 Å². The van der Waals surface area contributed by atoms with Gasteiger partial charge in [-0.2, -0.15) is 0 Å². The third-order valence-corrected chi connectivity index (χ3v) is 3.05. The van der Waals surface area contributed by atoms with Gasteiger partial charge in [-0.25, -0.2) is 4.79 Å². The Balaban J connectivity index is 2.06. The molecule has 98 valence electrons. The Morgan fingerprint density at radius 2 is 1.30 bits per heavy atom. The number of carbonyl (C=O) groups is 1. The molecular formula is C17H13NO2. The van der Waals surface area contributed by atoms with Crippen LogP contribution in [-0.2, 0) is 9.63 Å². The minimum absolute atomic E-state index is 0.413. The van der Waals surface area contributed by atoms with Gasteiger partial charge in [0.1, 0.15) is 5.36 Å². The molecule has 3 aromatic rings. The summed E-state index contributed by atoms with van der Waals surface area (Å²) in [4.78, 5) is 15.7. The van der Waals surface area contributed by atoms with Crippen molar-refractivity contribution in [2.75, 3.05) is 0 Å². The van der Waals surface area contributed by atoms with Crippen LogP contribution in [0.5, 0.6) is 0 Å². The summed E-state index contributed by atoms with van der Waals surface area (Å²) in [6.07, 6.45) is 0. The zero-order valence-electron chi connectivity index (χ0n) is 11.0. The van der Waals surface area contributed by atoms with Crippen molar-refractivity contribution in [2.24, 2.45) is 5.16 Å². The topological polar surface area (TPSA) is 38.7 Å². The molecule has 0 aliphatic heterocycles. The maximum Gasteiger partial charge on any atom is 0.332 e. The van der Waals surface area contributed by atoms with Gasteiger partial charge in [-0.3, -0.25) is 0 Å². The van der Waals surface area contributed by atoms with E-state index in [2.05, 4.69) is 5.16 Å². The molecule has 0 amide bonds. The molecule has 3 nitrogen and oxygen atoms in total. The van der Waals surface area contributed by atoms with E-state index in [9.17, 15) is 4.79 Å². The second-order valence-electron chi connectivity index (χ2n) is 4.50. The fourth-order valence-corrected chi connectivity index (χ4v) is 2.15. The summed E-state index contributed by atoms with van der Waals surface area (Å²) in [5.74, 6) is -0.413.